The number of hydrogen-bond donors (Lipinski definition) is 2. The van der Waals surface area contributed by atoms with Crippen LogP contribution in [-0.2, 0) is 16.4 Å². The Morgan fingerprint density at radius 3 is 2.55 bits per heavy atom. The monoisotopic (exact) mass is 413 g/mol. The topological polar surface area (TPSA) is 88.2 Å². The van der Waals surface area contributed by atoms with Crippen molar-refractivity contribution in [3.8, 4) is 0 Å². The molecule has 1 amide bonds. The Morgan fingerprint density at radius 2 is 1.83 bits per heavy atom. The molecule has 150 valence electrons. The highest BCUT2D eigenvalue weighted by Crippen LogP contribution is 2.22. The summed E-state index contributed by atoms with van der Waals surface area (Å²) in [5, 5.41) is 2.77. The fourth-order valence-electron chi connectivity index (χ4n) is 2.83. The maximum Gasteiger partial charge on any atom is 0.262 e. The second-order valence-corrected chi connectivity index (χ2v) is 8.04. The van der Waals surface area contributed by atoms with E-state index >= 15 is 0 Å². The van der Waals surface area contributed by atoms with Gasteiger partial charge >= 0.3 is 0 Å². The van der Waals surface area contributed by atoms with Crippen LogP contribution < -0.4 is 10.0 Å². The zero-order valence-electron chi connectivity index (χ0n) is 15.7. The van der Waals surface area contributed by atoms with Crippen LogP contribution >= 0.6 is 0 Å². The Labute approximate surface area is 168 Å². The van der Waals surface area contributed by atoms with Crippen molar-refractivity contribution < 1.29 is 17.6 Å². The van der Waals surface area contributed by atoms with Crippen molar-refractivity contribution >= 4 is 21.6 Å². The van der Waals surface area contributed by atoms with Gasteiger partial charge in [0.05, 0.1) is 16.1 Å². The summed E-state index contributed by atoms with van der Waals surface area (Å²) in [6.45, 7) is 1.86. The Hall–Kier alpha value is -3.26. The molecule has 0 saturated heterocycles. The fraction of sp³-hybridized carbons (Fsp3) is 0.143. The van der Waals surface area contributed by atoms with Gasteiger partial charge in [-0.25, -0.2) is 12.8 Å². The fourth-order valence-corrected chi connectivity index (χ4v) is 4.14. The van der Waals surface area contributed by atoms with Crippen molar-refractivity contribution in [2.75, 3.05) is 11.3 Å². The van der Waals surface area contributed by atoms with E-state index in [9.17, 15) is 17.6 Å². The van der Waals surface area contributed by atoms with Gasteiger partial charge in [0.25, 0.3) is 15.9 Å². The molecule has 3 rings (SSSR count). The highest BCUT2D eigenvalue weighted by Gasteiger charge is 2.20. The summed E-state index contributed by atoms with van der Waals surface area (Å²) in [6.07, 6.45) is 2.23. The van der Waals surface area contributed by atoms with Gasteiger partial charge in [0, 0.05) is 24.9 Å². The second kappa shape index (κ2) is 8.83. The molecule has 3 aromatic rings. The molecule has 6 nitrogen and oxygen atoms in total. The van der Waals surface area contributed by atoms with Gasteiger partial charge in [-0.05, 0) is 55.0 Å². The van der Waals surface area contributed by atoms with E-state index in [0.717, 1.165) is 17.8 Å². The normalized spacial score (nSPS) is 11.1. The molecule has 0 aliphatic carbocycles. The van der Waals surface area contributed by atoms with E-state index in [4.69, 9.17) is 0 Å². The number of amides is 1. The minimum Gasteiger partial charge on any atom is -0.352 e. The van der Waals surface area contributed by atoms with E-state index in [1.165, 1.54) is 25.1 Å². The Kier molecular flexibility index (Phi) is 6.23. The Morgan fingerprint density at radius 1 is 1.07 bits per heavy atom. The first-order valence-electron chi connectivity index (χ1n) is 8.93. The van der Waals surface area contributed by atoms with Crippen molar-refractivity contribution in [2.45, 2.75) is 18.2 Å². The summed E-state index contributed by atoms with van der Waals surface area (Å²) in [5.74, 6) is -0.927. The third-order valence-corrected chi connectivity index (χ3v) is 5.76. The van der Waals surface area contributed by atoms with Crippen LogP contribution in [0.1, 0.15) is 21.6 Å². The van der Waals surface area contributed by atoms with Crippen LogP contribution in [0.15, 0.2) is 71.8 Å². The van der Waals surface area contributed by atoms with Crippen molar-refractivity contribution in [1.29, 1.82) is 0 Å². The minimum atomic E-state index is -3.99. The number of aromatic nitrogens is 1. The summed E-state index contributed by atoms with van der Waals surface area (Å²) >= 11 is 0. The molecule has 29 heavy (non-hydrogen) atoms. The van der Waals surface area contributed by atoms with Crippen molar-refractivity contribution in [3.63, 3.8) is 0 Å². The number of benzene rings is 2. The number of halogens is 1. The molecule has 0 fully saturated rings. The van der Waals surface area contributed by atoms with Crippen molar-refractivity contribution in [3.05, 3.63) is 89.5 Å². The molecule has 0 unspecified atom stereocenters. The van der Waals surface area contributed by atoms with Crippen LogP contribution in [0.4, 0.5) is 10.1 Å². The maximum atomic E-state index is 13.3. The maximum absolute atomic E-state index is 13.3. The zero-order valence-corrected chi connectivity index (χ0v) is 16.5. The minimum absolute atomic E-state index is 0.0516. The van der Waals surface area contributed by atoms with Gasteiger partial charge in [0.2, 0.25) is 0 Å². The first-order chi connectivity index (χ1) is 13.9. The van der Waals surface area contributed by atoms with E-state index in [0.29, 0.717) is 13.0 Å². The standard InChI is InChI=1S/C21H20FN3O3S/c1-15-14-16(22)9-10-20(15)29(27,28)25-19-8-3-2-7-18(19)21(26)24-13-11-17-6-4-5-12-23-17/h2-10,12,14,25H,11,13H2,1H3,(H,24,26). The third kappa shape index (κ3) is 5.17. The van der Waals surface area contributed by atoms with Gasteiger partial charge in [-0.2, -0.15) is 0 Å². The predicted molar refractivity (Wildman–Crippen MR) is 109 cm³/mol. The molecule has 0 radical (unpaired) electrons. The number of carbonyl (C=O) groups is 1. The number of nitrogens with zero attached hydrogens (tertiary/aromatic N) is 1. The van der Waals surface area contributed by atoms with E-state index < -0.39 is 21.7 Å². The average Bonchev–Trinajstić information content (AvgIpc) is 2.68. The highest BCUT2D eigenvalue weighted by atomic mass is 32.2. The smallest absolute Gasteiger partial charge is 0.262 e. The molecule has 0 aliphatic rings. The van der Waals surface area contributed by atoms with Crippen molar-refractivity contribution in [1.82, 2.24) is 10.3 Å². The number of rotatable bonds is 7. The number of hydrogen-bond acceptors (Lipinski definition) is 4. The number of pyridine rings is 1. The lowest BCUT2D eigenvalue weighted by Crippen LogP contribution is -2.27. The van der Waals surface area contributed by atoms with E-state index in [-0.39, 0.29) is 21.7 Å². The summed E-state index contributed by atoms with van der Waals surface area (Å²) in [6, 6.07) is 15.3. The Balaban J connectivity index is 1.75. The number of para-hydroxylation sites is 1. The third-order valence-electron chi connectivity index (χ3n) is 4.24. The number of sulfonamides is 1. The van der Waals surface area contributed by atoms with Gasteiger partial charge in [-0.1, -0.05) is 18.2 Å². The lowest BCUT2D eigenvalue weighted by molar-refractivity contribution is 0.0955. The molecule has 0 saturated carbocycles. The number of nitrogens with one attached hydrogen (secondary N) is 2. The van der Waals surface area contributed by atoms with Gasteiger partial charge in [0.15, 0.2) is 0 Å². The number of aryl methyl sites for hydroxylation is 1. The van der Waals surface area contributed by atoms with Crippen LogP contribution in [0.3, 0.4) is 0 Å². The molecule has 0 spiro atoms. The second-order valence-electron chi connectivity index (χ2n) is 6.39. The van der Waals surface area contributed by atoms with Crippen molar-refractivity contribution in [2.24, 2.45) is 0 Å². The SMILES string of the molecule is Cc1cc(F)ccc1S(=O)(=O)Nc1ccccc1C(=O)NCCc1ccccn1. The van der Waals surface area contributed by atoms with Crippen LogP contribution in [0.5, 0.6) is 0 Å². The summed E-state index contributed by atoms with van der Waals surface area (Å²) in [4.78, 5) is 16.7. The molecule has 2 N–H and O–H groups in total. The summed E-state index contributed by atoms with van der Waals surface area (Å²) < 4.78 is 41.2. The quantitative estimate of drug-likeness (QED) is 0.622. The molecular formula is C21H20FN3O3S. The van der Waals surface area contributed by atoms with Gasteiger partial charge in [-0.15, -0.1) is 0 Å². The highest BCUT2D eigenvalue weighted by molar-refractivity contribution is 7.92. The average molecular weight is 413 g/mol. The van der Waals surface area contributed by atoms with E-state index in [1.54, 1.807) is 18.3 Å². The summed E-state index contributed by atoms with van der Waals surface area (Å²) in [5.41, 5.74) is 1.45. The van der Waals surface area contributed by atoms with Crippen LogP contribution in [0.2, 0.25) is 0 Å². The number of anilines is 1. The molecule has 0 bridgehead atoms. The first-order valence-corrected chi connectivity index (χ1v) is 10.4. The van der Waals surface area contributed by atoms with Crippen LogP contribution in [0.25, 0.3) is 0 Å². The predicted octanol–water partition coefficient (Wildman–Crippen LogP) is 3.30. The summed E-state index contributed by atoms with van der Waals surface area (Å²) in [7, 11) is -3.99. The molecule has 0 atom stereocenters. The molecule has 1 heterocycles. The first kappa shape index (κ1) is 20.5. The molecule has 2 aromatic carbocycles. The van der Waals surface area contributed by atoms with Crippen LogP contribution in [-0.4, -0.2) is 25.9 Å². The van der Waals surface area contributed by atoms with Crippen LogP contribution in [0, 0.1) is 12.7 Å². The van der Waals surface area contributed by atoms with E-state index in [1.807, 2.05) is 18.2 Å². The lowest BCUT2D eigenvalue weighted by atomic mass is 10.1. The molecule has 8 heteroatoms. The molecular weight excluding hydrogens is 393 g/mol. The number of carbonyl (C=O) groups excluding carboxylic acids is 1. The largest absolute Gasteiger partial charge is 0.352 e. The lowest BCUT2D eigenvalue weighted by Gasteiger charge is -2.14. The van der Waals surface area contributed by atoms with Gasteiger partial charge in [-0.3, -0.25) is 14.5 Å². The zero-order chi connectivity index (χ0) is 20.9. The molecule has 1 aromatic heterocycles. The Bertz CT molecular complexity index is 1120. The molecule has 0 aliphatic heterocycles. The van der Waals surface area contributed by atoms with E-state index in [2.05, 4.69) is 15.0 Å². The van der Waals surface area contributed by atoms with Gasteiger partial charge in [0.1, 0.15) is 5.82 Å². The van der Waals surface area contributed by atoms with Gasteiger partial charge < -0.3 is 5.32 Å².